The van der Waals surface area contributed by atoms with Crippen molar-refractivity contribution in [3.63, 3.8) is 0 Å². The van der Waals surface area contributed by atoms with Crippen molar-refractivity contribution in [3.05, 3.63) is 35.4 Å². The predicted molar refractivity (Wildman–Crippen MR) is 75.3 cm³/mol. The maximum absolute atomic E-state index is 13.6. The van der Waals surface area contributed by atoms with E-state index in [0.717, 1.165) is 12.1 Å². The highest BCUT2D eigenvalue weighted by Gasteiger charge is 2.27. The molecule has 1 fully saturated rings. The van der Waals surface area contributed by atoms with Gasteiger partial charge in [-0.2, -0.15) is 0 Å². The van der Waals surface area contributed by atoms with Gasteiger partial charge in [0.05, 0.1) is 13.0 Å². The number of hydrogen-bond acceptors (Lipinski definition) is 3. The SMILES string of the molecule is COCCC(=O)N1CCN(C(=O)c2c(F)cccc2F)CC1. The first-order valence-electron chi connectivity index (χ1n) is 7.04. The van der Waals surface area contributed by atoms with Gasteiger partial charge in [0, 0.05) is 33.3 Å². The molecule has 1 saturated heterocycles. The van der Waals surface area contributed by atoms with E-state index in [0.29, 0.717) is 19.7 Å². The summed E-state index contributed by atoms with van der Waals surface area (Å²) in [5.41, 5.74) is -0.540. The van der Waals surface area contributed by atoms with Crippen LogP contribution >= 0.6 is 0 Å². The van der Waals surface area contributed by atoms with Gasteiger partial charge in [-0.25, -0.2) is 8.78 Å². The molecule has 120 valence electrons. The van der Waals surface area contributed by atoms with E-state index in [1.54, 1.807) is 4.90 Å². The molecule has 1 aliphatic heterocycles. The highest BCUT2D eigenvalue weighted by Crippen LogP contribution is 2.16. The molecule has 1 heterocycles. The second-order valence-electron chi connectivity index (χ2n) is 5.01. The van der Waals surface area contributed by atoms with E-state index in [1.165, 1.54) is 18.1 Å². The molecule has 0 atom stereocenters. The van der Waals surface area contributed by atoms with Crippen molar-refractivity contribution >= 4 is 11.8 Å². The van der Waals surface area contributed by atoms with Gasteiger partial charge in [0.2, 0.25) is 5.91 Å². The Balaban J connectivity index is 1.97. The Hall–Kier alpha value is -2.02. The zero-order valence-corrected chi connectivity index (χ0v) is 12.3. The first-order valence-corrected chi connectivity index (χ1v) is 7.04. The van der Waals surface area contributed by atoms with Crippen molar-refractivity contribution in [2.75, 3.05) is 39.9 Å². The molecule has 0 saturated carbocycles. The van der Waals surface area contributed by atoms with Crippen molar-refractivity contribution < 1.29 is 23.1 Å². The van der Waals surface area contributed by atoms with E-state index in [1.807, 2.05) is 0 Å². The van der Waals surface area contributed by atoms with Crippen LogP contribution in [-0.4, -0.2) is 61.5 Å². The molecule has 22 heavy (non-hydrogen) atoms. The second-order valence-corrected chi connectivity index (χ2v) is 5.01. The second kappa shape index (κ2) is 7.31. The molecule has 0 spiro atoms. The number of amides is 2. The maximum atomic E-state index is 13.6. The van der Waals surface area contributed by atoms with Gasteiger partial charge in [0.15, 0.2) is 0 Å². The van der Waals surface area contributed by atoms with Gasteiger partial charge >= 0.3 is 0 Å². The lowest BCUT2D eigenvalue weighted by Crippen LogP contribution is -2.51. The molecule has 1 aliphatic rings. The van der Waals surface area contributed by atoms with Gasteiger partial charge in [-0.3, -0.25) is 9.59 Å². The number of halogens is 2. The lowest BCUT2D eigenvalue weighted by molar-refractivity contribution is -0.133. The number of rotatable bonds is 4. The summed E-state index contributed by atoms with van der Waals surface area (Å²) >= 11 is 0. The minimum Gasteiger partial charge on any atom is -0.384 e. The lowest BCUT2D eigenvalue weighted by Gasteiger charge is -2.35. The maximum Gasteiger partial charge on any atom is 0.259 e. The first kappa shape index (κ1) is 16.4. The van der Waals surface area contributed by atoms with Crippen LogP contribution in [0.25, 0.3) is 0 Å². The number of carbonyl (C=O) groups is 2. The van der Waals surface area contributed by atoms with Crippen LogP contribution in [0.4, 0.5) is 8.78 Å². The highest BCUT2D eigenvalue weighted by atomic mass is 19.1. The predicted octanol–water partition coefficient (Wildman–Crippen LogP) is 1.29. The monoisotopic (exact) mass is 312 g/mol. The number of carbonyl (C=O) groups excluding carboxylic acids is 2. The average Bonchev–Trinajstić information content (AvgIpc) is 2.52. The van der Waals surface area contributed by atoms with Gasteiger partial charge in [-0.05, 0) is 12.1 Å². The molecule has 0 aromatic heterocycles. The molecule has 0 aliphatic carbocycles. The summed E-state index contributed by atoms with van der Waals surface area (Å²) in [6.07, 6.45) is 0.284. The topological polar surface area (TPSA) is 49.9 Å². The van der Waals surface area contributed by atoms with E-state index in [9.17, 15) is 18.4 Å². The number of nitrogens with zero attached hydrogens (tertiary/aromatic N) is 2. The molecule has 2 rings (SSSR count). The fraction of sp³-hybridized carbons (Fsp3) is 0.467. The molecular weight excluding hydrogens is 294 g/mol. The Morgan fingerprint density at radius 1 is 1.09 bits per heavy atom. The molecular formula is C15H18F2N2O3. The van der Waals surface area contributed by atoms with Crippen molar-refractivity contribution in [1.29, 1.82) is 0 Å². The molecule has 1 aromatic rings. The standard InChI is InChI=1S/C15H18F2N2O3/c1-22-10-5-13(20)18-6-8-19(9-7-18)15(21)14-11(16)3-2-4-12(14)17/h2-4H,5-10H2,1H3. The Morgan fingerprint density at radius 3 is 2.18 bits per heavy atom. The fourth-order valence-corrected chi connectivity index (χ4v) is 2.37. The van der Waals surface area contributed by atoms with Gasteiger partial charge in [0.1, 0.15) is 17.2 Å². The number of benzene rings is 1. The van der Waals surface area contributed by atoms with Crippen LogP contribution in [0.5, 0.6) is 0 Å². The van der Waals surface area contributed by atoms with Crippen LogP contribution in [-0.2, 0) is 9.53 Å². The summed E-state index contributed by atoms with van der Waals surface area (Å²) in [5, 5.41) is 0. The van der Waals surface area contributed by atoms with Crippen molar-refractivity contribution in [1.82, 2.24) is 9.80 Å². The smallest absolute Gasteiger partial charge is 0.259 e. The zero-order valence-electron chi connectivity index (χ0n) is 12.3. The van der Waals surface area contributed by atoms with Crippen molar-refractivity contribution in [3.8, 4) is 0 Å². The molecule has 0 bridgehead atoms. The third kappa shape index (κ3) is 3.59. The first-order chi connectivity index (χ1) is 10.5. The highest BCUT2D eigenvalue weighted by molar-refractivity contribution is 5.95. The minimum atomic E-state index is -0.872. The van der Waals surface area contributed by atoms with Gasteiger partial charge < -0.3 is 14.5 Å². The molecule has 0 N–H and O–H groups in total. The van der Waals surface area contributed by atoms with Gasteiger partial charge in [0.25, 0.3) is 5.91 Å². The van der Waals surface area contributed by atoms with Crippen LogP contribution < -0.4 is 0 Å². The van der Waals surface area contributed by atoms with E-state index in [4.69, 9.17) is 4.74 Å². The summed E-state index contributed by atoms with van der Waals surface area (Å²) < 4.78 is 32.1. The summed E-state index contributed by atoms with van der Waals surface area (Å²) in [6, 6.07) is 3.33. The zero-order chi connectivity index (χ0) is 16.1. The van der Waals surface area contributed by atoms with Crippen LogP contribution in [0.1, 0.15) is 16.8 Å². The van der Waals surface area contributed by atoms with Crippen LogP contribution in [0.2, 0.25) is 0 Å². The van der Waals surface area contributed by atoms with E-state index < -0.39 is 23.1 Å². The molecule has 0 radical (unpaired) electrons. The molecule has 1 aromatic carbocycles. The van der Waals surface area contributed by atoms with Crippen molar-refractivity contribution in [2.45, 2.75) is 6.42 Å². The minimum absolute atomic E-state index is 0.0500. The van der Waals surface area contributed by atoms with E-state index in [-0.39, 0.29) is 25.4 Å². The van der Waals surface area contributed by atoms with Crippen LogP contribution in [0.15, 0.2) is 18.2 Å². The Labute approximate surface area is 127 Å². The third-order valence-corrected chi connectivity index (χ3v) is 3.62. The molecule has 7 heteroatoms. The fourth-order valence-electron chi connectivity index (χ4n) is 2.37. The largest absolute Gasteiger partial charge is 0.384 e. The number of hydrogen-bond donors (Lipinski definition) is 0. The Morgan fingerprint density at radius 2 is 1.64 bits per heavy atom. The quantitative estimate of drug-likeness (QED) is 0.842. The van der Waals surface area contributed by atoms with Gasteiger partial charge in [-0.1, -0.05) is 6.07 Å². The number of methoxy groups -OCH3 is 1. The Kier molecular flexibility index (Phi) is 5.43. The third-order valence-electron chi connectivity index (χ3n) is 3.62. The number of ether oxygens (including phenoxy) is 1. The summed E-state index contributed by atoms with van der Waals surface area (Å²) in [6.45, 7) is 1.56. The summed E-state index contributed by atoms with van der Waals surface area (Å²) in [7, 11) is 1.52. The van der Waals surface area contributed by atoms with Crippen LogP contribution in [0.3, 0.4) is 0 Å². The van der Waals surface area contributed by atoms with Crippen molar-refractivity contribution in [2.24, 2.45) is 0 Å². The molecule has 5 nitrogen and oxygen atoms in total. The molecule has 2 amide bonds. The number of piperazine rings is 1. The van der Waals surface area contributed by atoms with Gasteiger partial charge in [-0.15, -0.1) is 0 Å². The lowest BCUT2D eigenvalue weighted by atomic mass is 10.1. The Bertz CT molecular complexity index is 537. The van der Waals surface area contributed by atoms with Crippen LogP contribution in [0, 0.1) is 11.6 Å². The summed E-state index contributed by atoms with van der Waals surface area (Å²) in [4.78, 5) is 27.0. The normalized spacial score (nSPS) is 15.0. The van der Waals surface area contributed by atoms with E-state index >= 15 is 0 Å². The average molecular weight is 312 g/mol. The molecule has 0 unspecified atom stereocenters. The summed E-state index contributed by atoms with van der Waals surface area (Å²) in [5.74, 6) is -2.47. The van der Waals surface area contributed by atoms with E-state index in [2.05, 4.69) is 0 Å².